The standard InChI is InChI=1S/C12H20N2/c13-8-5-12(6-9-14-10-7-12)11-3-1-2-4-11/h11,14H,1-7,9-10H2. The molecule has 78 valence electrons. The van der Waals surface area contributed by atoms with Gasteiger partial charge < -0.3 is 5.32 Å². The highest BCUT2D eigenvalue weighted by Gasteiger charge is 2.40. The Morgan fingerprint density at radius 3 is 2.43 bits per heavy atom. The van der Waals surface area contributed by atoms with E-state index in [2.05, 4.69) is 11.4 Å². The van der Waals surface area contributed by atoms with Crippen LogP contribution in [0.25, 0.3) is 0 Å². The topological polar surface area (TPSA) is 35.8 Å². The number of piperidine rings is 1. The maximum absolute atomic E-state index is 8.97. The molecular weight excluding hydrogens is 172 g/mol. The predicted octanol–water partition coefficient (Wildman–Crippen LogP) is 2.46. The lowest BCUT2D eigenvalue weighted by atomic mass is 9.66. The van der Waals surface area contributed by atoms with Crippen LogP contribution in [0.4, 0.5) is 0 Å². The maximum Gasteiger partial charge on any atom is 0.0627 e. The molecule has 1 aliphatic heterocycles. The van der Waals surface area contributed by atoms with Gasteiger partial charge in [-0.25, -0.2) is 0 Å². The largest absolute Gasteiger partial charge is 0.317 e. The average Bonchev–Trinajstić information content (AvgIpc) is 2.73. The molecule has 2 nitrogen and oxygen atoms in total. The summed E-state index contributed by atoms with van der Waals surface area (Å²) < 4.78 is 0. The minimum absolute atomic E-state index is 0.385. The third-order valence-corrected chi connectivity index (χ3v) is 4.25. The third-order valence-electron chi connectivity index (χ3n) is 4.25. The normalized spacial score (nSPS) is 27.4. The zero-order valence-electron chi connectivity index (χ0n) is 8.89. The lowest BCUT2D eigenvalue weighted by Gasteiger charge is -2.41. The number of nitrogens with zero attached hydrogens (tertiary/aromatic N) is 1. The fourth-order valence-electron chi connectivity index (χ4n) is 3.35. The molecule has 0 bridgehead atoms. The van der Waals surface area contributed by atoms with E-state index in [4.69, 9.17) is 5.26 Å². The van der Waals surface area contributed by atoms with Crippen LogP contribution in [-0.4, -0.2) is 13.1 Å². The van der Waals surface area contributed by atoms with Crippen molar-refractivity contribution in [3.05, 3.63) is 0 Å². The van der Waals surface area contributed by atoms with Gasteiger partial charge in [0.1, 0.15) is 0 Å². The summed E-state index contributed by atoms with van der Waals surface area (Å²) in [6, 6.07) is 2.43. The minimum Gasteiger partial charge on any atom is -0.317 e. The van der Waals surface area contributed by atoms with Gasteiger partial charge in [0, 0.05) is 6.42 Å². The van der Waals surface area contributed by atoms with E-state index in [0.717, 1.165) is 25.4 Å². The Morgan fingerprint density at radius 2 is 1.86 bits per heavy atom. The van der Waals surface area contributed by atoms with Gasteiger partial charge >= 0.3 is 0 Å². The highest BCUT2D eigenvalue weighted by atomic mass is 14.9. The van der Waals surface area contributed by atoms with Gasteiger partial charge in [0.25, 0.3) is 0 Å². The van der Waals surface area contributed by atoms with Crippen molar-refractivity contribution in [3.8, 4) is 6.07 Å². The molecule has 1 aliphatic carbocycles. The summed E-state index contributed by atoms with van der Waals surface area (Å²) in [6.45, 7) is 2.25. The van der Waals surface area contributed by atoms with Gasteiger partial charge in [0.2, 0.25) is 0 Å². The van der Waals surface area contributed by atoms with Crippen molar-refractivity contribution >= 4 is 0 Å². The van der Waals surface area contributed by atoms with Crippen molar-refractivity contribution < 1.29 is 0 Å². The third kappa shape index (κ3) is 1.79. The van der Waals surface area contributed by atoms with Crippen molar-refractivity contribution in [2.75, 3.05) is 13.1 Å². The van der Waals surface area contributed by atoms with Crippen LogP contribution in [0.15, 0.2) is 0 Å². The van der Waals surface area contributed by atoms with Crippen molar-refractivity contribution in [3.63, 3.8) is 0 Å². The van der Waals surface area contributed by atoms with Gasteiger partial charge in [-0.05, 0) is 50.1 Å². The van der Waals surface area contributed by atoms with Crippen molar-refractivity contribution in [1.29, 1.82) is 5.26 Å². The summed E-state index contributed by atoms with van der Waals surface area (Å²) in [5.41, 5.74) is 0.385. The summed E-state index contributed by atoms with van der Waals surface area (Å²) in [4.78, 5) is 0. The number of nitrogens with one attached hydrogen (secondary N) is 1. The molecule has 0 amide bonds. The van der Waals surface area contributed by atoms with E-state index in [-0.39, 0.29) is 0 Å². The second-order valence-corrected chi connectivity index (χ2v) is 4.93. The van der Waals surface area contributed by atoms with Crippen molar-refractivity contribution in [2.24, 2.45) is 11.3 Å². The second kappa shape index (κ2) is 4.31. The molecule has 1 saturated carbocycles. The molecule has 2 fully saturated rings. The van der Waals surface area contributed by atoms with E-state index in [1.54, 1.807) is 0 Å². The Morgan fingerprint density at radius 1 is 1.21 bits per heavy atom. The highest BCUT2D eigenvalue weighted by molar-refractivity contribution is 4.97. The Kier molecular flexibility index (Phi) is 3.08. The van der Waals surface area contributed by atoms with E-state index in [1.807, 2.05) is 0 Å². The van der Waals surface area contributed by atoms with Gasteiger partial charge in [-0.3, -0.25) is 0 Å². The lowest BCUT2D eigenvalue weighted by molar-refractivity contribution is 0.113. The van der Waals surface area contributed by atoms with Crippen LogP contribution in [0.5, 0.6) is 0 Å². The molecule has 0 aromatic heterocycles. The van der Waals surface area contributed by atoms with Crippen LogP contribution in [-0.2, 0) is 0 Å². The molecule has 2 rings (SSSR count). The predicted molar refractivity (Wildman–Crippen MR) is 56.7 cm³/mol. The number of nitriles is 1. The molecule has 14 heavy (non-hydrogen) atoms. The molecule has 0 atom stereocenters. The van der Waals surface area contributed by atoms with Crippen LogP contribution in [0.1, 0.15) is 44.9 Å². The fourth-order valence-corrected chi connectivity index (χ4v) is 3.35. The fraction of sp³-hybridized carbons (Fsp3) is 0.917. The van der Waals surface area contributed by atoms with Crippen molar-refractivity contribution in [1.82, 2.24) is 5.32 Å². The zero-order valence-corrected chi connectivity index (χ0v) is 8.89. The van der Waals surface area contributed by atoms with E-state index < -0.39 is 0 Å². The summed E-state index contributed by atoms with van der Waals surface area (Å²) in [5.74, 6) is 0.851. The van der Waals surface area contributed by atoms with Gasteiger partial charge in [-0.15, -0.1) is 0 Å². The summed E-state index contributed by atoms with van der Waals surface area (Å²) in [5, 5.41) is 12.4. The van der Waals surface area contributed by atoms with E-state index >= 15 is 0 Å². The summed E-state index contributed by atoms with van der Waals surface area (Å²) in [7, 11) is 0. The molecule has 2 aliphatic rings. The first-order chi connectivity index (χ1) is 6.87. The second-order valence-electron chi connectivity index (χ2n) is 4.93. The first-order valence-corrected chi connectivity index (χ1v) is 5.95. The van der Waals surface area contributed by atoms with Gasteiger partial charge in [-0.1, -0.05) is 12.8 Å². The van der Waals surface area contributed by atoms with E-state index in [1.165, 1.54) is 38.5 Å². The van der Waals surface area contributed by atoms with Gasteiger partial charge in [0.15, 0.2) is 0 Å². The molecule has 1 saturated heterocycles. The zero-order chi connectivity index (χ0) is 9.86. The molecule has 2 heteroatoms. The first kappa shape index (κ1) is 9.98. The van der Waals surface area contributed by atoms with Crippen LogP contribution < -0.4 is 5.32 Å². The monoisotopic (exact) mass is 192 g/mol. The van der Waals surface area contributed by atoms with Crippen molar-refractivity contribution in [2.45, 2.75) is 44.9 Å². The summed E-state index contributed by atoms with van der Waals surface area (Å²) in [6.07, 6.45) is 8.79. The molecule has 0 aromatic carbocycles. The Labute approximate surface area is 86.7 Å². The SMILES string of the molecule is N#CCC1(C2CCCC2)CCNCC1. The molecule has 1 N–H and O–H groups in total. The highest BCUT2D eigenvalue weighted by Crippen LogP contribution is 2.47. The molecule has 1 heterocycles. The number of hydrogen-bond donors (Lipinski definition) is 1. The van der Waals surface area contributed by atoms with Crippen LogP contribution in [0.2, 0.25) is 0 Å². The molecule has 0 radical (unpaired) electrons. The van der Waals surface area contributed by atoms with Crippen LogP contribution in [0.3, 0.4) is 0 Å². The number of hydrogen-bond acceptors (Lipinski definition) is 2. The molecule has 0 spiro atoms. The van der Waals surface area contributed by atoms with Gasteiger partial charge in [-0.2, -0.15) is 5.26 Å². The summed E-state index contributed by atoms with van der Waals surface area (Å²) >= 11 is 0. The number of rotatable bonds is 2. The quantitative estimate of drug-likeness (QED) is 0.729. The first-order valence-electron chi connectivity index (χ1n) is 5.95. The Hall–Kier alpha value is -0.550. The smallest absolute Gasteiger partial charge is 0.0627 e. The van der Waals surface area contributed by atoms with E-state index in [9.17, 15) is 0 Å². The van der Waals surface area contributed by atoms with Crippen LogP contribution in [0, 0.1) is 22.7 Å². The minimum atomic E-state index is 0.385. The lowest BCUT2D eigenvalue weighted by Crippen LogP contribution is -2.40. The average molecular weight is 192 g/mol. The maximum atomic E-state index is 8.97. The Balaban J connectivity index is 2.07. The molecular formula is C12H20N2. The Bertz CT molecular complexity index is 217. The van der Waals surface area contributed by atoms with Gasteiger partial charge in [0.05, 0.1) is 6.07 Å². The molecule has 0 unspecified atom stereocenters. The molecule has 0 aromatic rings. The van der Waals surface area contributed by atoms with E-state index in [0.29, 0.717) is 5.41 Å². The van der Waals surface area contributed by atoms with Crippen LogP contribution >= 0.6 is 0 Å².